The van der Waals surface area contributed by atoms with Crippen molar-refractivity contribution in [2.45, 2.75) is 38.2 Å². The maximum atomic E-state index is 13.5. The lowest BCUT2D eigenvalue weighted by molar-refractivity contribution is 0.0206. The Hall–Kier alpha value is -0.900. The van der Waals surface area contributed by atoms with Gasteiger partial charge < -0.3 is 4.74 Å². The van der Waals surface area contributed by atoms with E-state index in [1.165, 1.54) is 18.6 Å². The van der Waals surface area contributed by atoms with Gasteiger partial charge in [0.1, 0.15) is 11.9 Å². The number of esters is 1. The largest absolute Gasteiger partial charge is 0.459 e. The number of carbonyl (C=O) groups excluding carboxylic acids is 1. The topological polar surface area (TPSA) is 26.3 Å². The van der Waals surface area contributed by atoms with Crippen molar-refractivity contribution in [2.75, 3.05) is 0 Å². The third-order valence-corrected chi connectivity index (χ3v) is 3.47. The summed E-state index contributed by atoms with van der Waals surface area (Å²) in [5.74, 6) is -1.09. The number of ether oxygens (including phenoxy) is 1. The molecule has 0 radical (unpaired) electrons. The van der Waals surface area contributed by atoms with Crippen molar-refractivity contribution in [1.29, 1.82) is 0 Å². The van der Waals surface area contributed by atoms with Gasteiger partial charge in [0.05, 0.1) is 5.56 Å². The number of hydrogen-bond donors (Lipinski definition) is 0. The molecule has 0 N–H and O–H groups in total. The Kier molecular flexibility index (Phi) is 4.15. The first kappa shape index (κ1) is 12.6. The molecule has 2 nitrogen and oxygen atoms in total. The van der Waals surface area contributed by atoms with Gasteiger partial charge in [-0.25, -0.2) is 9.18 Å². The standard InChI is InChI=1S/C13H14BrFO2/c14-9-6-7-12(15)11(8-9)13(16)17-10-4-2-1-3-5-10/h6-8,10H,1-5H2. The van der Waals surface area contributed by atoms with Crippen LogP contribution in [0.15, 0.2) is 22.7 Å². The summed E-state index contributed by atoms with van der Waals surface area (Å²) >= 11 is 3.22. The number of halogens is 2. The van der Waals surface area contributed by atoms with Crippen LogP contribution in [0.25, 0.3) is 0 Å². The molecule has 1 fully saturated rings. The molecular formula is C13H14BrFO2. The highest BCUT2D eigenvalue weighted by molar-refractivity contribution is 9.10. The van der Waals surface area contributed by atoms with Crippen LogP contribution >= 0.6 is 15.9 Å². The lowest BCUT2D eigenvalue weighted by Crippen LogP contribution is -2.21. The molecule has 1 aromatic carbocycles. The number of rotatable bonds is 2. The van der Waals surface area contributed by atoms with E-state index in [-0.39, 0.29) is 11.7 Å². The van der Waals surface area contributed by atoms with Gasteiger partial charge in [0.15, 0.2) is 0 Å². The molecule has 0 unspecified atom stereocenters. The van der Waals surface area contributed by atoms with Crippen LogP contribution < -0.4 is 0 Å². The molecule has 0 heterocycles. The Bertz CT molecular complexity index is 414. The van der Waals surface area contributed by atoms with Crippen molar-refractivity contribution >= 4 is 21.9 Å². The fraction of sp³-hybridized carbons (Fsp3) is 0.462. The molecule has 0 aromatic heterocycles. The minimum absolute atomic E-state index is 0.00458. The summed E-state index contributed by atoms with van der Waals surface area (Å²) in [6, 6.07) is 4.29. The van der Waals surface area contributed by atoms with Crippen molar-refractivity contribution in [3.63, 3.8) is 0 Å². The van der Waals surface area contributed by atoms with E-state index < -0.39 is 11.8 Å². The quantitative estimate of drug-likeness (QED) is 0.769. The molecule has 4 heteroatoms. The average Bonchev–Trinajstić information content (AvgIpc) is 2.33. The summed E-state index contributed by atoms with van der Waals surface area (Å²) in [5.41, 5.74) is 0.00458. The van der Waals surface area contributed by atoms with Crippen LogP contribution in [0.3, 0.4) is 0 Å². The van der Waals surface area contributed by atoms with E-state index in [2.05, 4.69) is 15.9 Å². The van der Waals surface area contributed by atoms with Crippen LogP contribution in [0.4, 0.5) is 4.39 Å². The van der Waals surface area contributed by atoms with Gasteiger partial charge >= 0.3 is 5.97 Å². The molecule has 1 saturated carbocycles. The smallest absolute Gasteiger partial charge is 0.341 e. The molecule has 0 aliphatic heterocycles. The Balaban J connectivity index is 2.05. The van der Waals surface area contributed by atoms with E-state index in [0.29, 0.717) is 4.47 Å². The van der Waals surface area contributed by atoms with Gasteiger partial charge in [-0.05, 0) is 43.9 Å². The van der Waals surface area contributed by atoms with Crippen molar-refractivity contribution in [1.82, 2.24) is 0 Å². The van der Waals surface area contributed by atoms with Gasteiger partial charge in [-0.1, -0.05) is 22.4 Å². The fourth-order valence-corrected chi connectivity index (χ4v) is 2.41. The van der Waals surface area contributed by atoms with E-state index in [0.717, 1.165) is 25.7 Å². The van der Waals surface area contributed by atoms with Gasteiger partial charge in [-0.3, -0.25) is 0 Å². The molecule has 0 amide bonds. The Morgan fingerprint density at radius 2 is 2.00 bits per heavy atom. The third-order valence-electron chi connectivity index (χ3n) is 2.97. The molecule has 0 spiro atoms. The van der Waals surface area contributed by atoms with Crippen molar-refractivity contribution in [3.8, 4) is 0 Å². The summed E-state index contributed by atoms with van der Waals surface area (Å²) in [4.78, 5) is 11.8. The van der Waals surface area contributed by atoms with E-state index in [1.807, 2.05) is 0 Å². The van der Waals surface area contributed by atoms with Crippen LogP contribution in [0.5, 0.6) is 0 Å². The zero-order chi connectivity index (χ0) is 12.3. The Morgan fingerprint density at radius 3 is 2.71 bits per heavy atom. The van der Waals surface area contributed by atoms with Crippen LogP contribution in [-0.4, -0.2) is 12.1 Å². The third kappa shape index (κ3) is 3.28. The first-order chi connectivity index (χ1) is 8.16. The number of benzene rings is 1. The summed E-state index contributed by atoms with van der Waals surface area (Å²) < 4.78 is 19.4. The van der Waals surface area contributed by atoms with Crippen LogP contribution in [0.1, 0.15) is 42.5 Å². The molecule has 0 atom stereocenters. The van der Waals surface area contributed by atoms with Gasteiger partial charge in [0.2, 0.25) is 0 Å². The minimum Gasteiger partial charge on any atom is -0.459 e. The highest BCUT2D eigenvalue weighted by atomic mass is 79.9. The average molecular weight is 301 g/mol. The van der Waals surface area contributed by atoms with Gasteiger partial charge in [-0.15, -0.1) is 0 Å². The number of carbonyl (C=O) groups is 1. The molecule has 2 rings (SSSR count). The summed E-state index contributed by atoms with van der Waals surface area (Å²) in [6.07, 6.45) is 5.09. The first-order valence-corrected chi connectivity index (χ1v) is 6.62. The first-order valence-electron chi connectivity index (χ1n) is 5.83. The summed E-state index contributed by atoms with van der Waals surface area (Å²) in [6.45, 7) is 0. The van der Waals surface area contributed by atoms with E-state index in [1.54, 1.807) is 6.07 Å². The highest BCUT2D eigenvalue weighted by Gasteiger charge is 2.20. The second kappa shape index (κ2) is 5.63. The van der Waals surface area contributed by atoms with Crippen molar-refractivity contribution < 1.29 is 13.9 Å². The van der Waals surface area contributed by atoms with E-state index in [9.17, 15) is 9.18 Å². The monoisotopic (exact) mass is 300 g/mol. The van der Waals surface area contributed by atoms with E-state index in [4.69, 9.17) is 4.74 Å². The fourth-order valence-electron chi connectivity index (χ4n) is 2.05. The normalized spacial score (nSPS) is 16.8. The lowest BCUT2D eigenvalue weighted by Gasteiger charge is -2.21. The molecule has 17 heavy (non-hydrogen) atoms. The zero-order valence-electron chi connectivity index (χ0n) is 9.42. The predicted molar refractivity (Wildman–Crippen MR) is 66.4 cm³/mol. The zero-order valence-corrected chi connectivity index (χ0v) is 11.0. The second-order valence-corrected chi connectivity index (χ2v) is 5.21. The highest BCUT2D eigenvalue weighted by Crippen LogP contribution is 2.23. The Morgan fingerprint density at radius 1 is 1.29 bits per heavy atom. The Labute approximate surface area is 108 Å². The number of hydrogen-bond acceptors (Lipinski definition) is 2. The molecule has 92 valence electrons. The van der Waals surface area contributed by atoms with Gasteiger partial charge in [0, 0.05) is 4.47 Å². The molecule has 0 bridgehead atoms. The van der Waals surface area contributed by atoms with E-state index >= 15 is 0 Å². The van der Waals surface area contributed by atoms with Gasteiger partial charge in [0.25, 0.3) is 0 Å². The maximum Gasteiger partial charge on any atom is 0.341 e. The lowest BCUT2D eigenvalue weighted by atomic mass is 9.98. The summed E-state index contributed by atoms with van der Waals surface area (Å²) in [7, 11) is 0. The van der Waals surface area contributed by atoms with Gasteiger partial charge in [-0.2, -0.15) is 0 Å². The van der Waals surface area contributed by atoms with Crippen molar-refractivity contribution in [2.24, 2.45) is 0 Å². The van der Waals surface area contributed by atoms with Crippen LogP contribution in [0, 0.1) is 5.82 Å². The second-order valence-electron chi connectivity index (χ2n) is 4.29. The minimum atomic E-state index is -0.560. The predicted octanol–water partition coefficient (Wildman–Crippen LogP) is 4.08. The van der Waals surface area contributed by atoms with Crippen LogP contribution in [-0.2, 0) is 4.74 Å². The molecule has 1 aromatic rings. The molecule has 1 aliphatic rings. The maximum absolute atomic E-state index is 13.5. The molecule has 1 aliphatic carbocycles. The molecule has 0 saturated heterocycles. The summed E-state index contributed by atoms with van der Waals surface area (Å²) in [5, 5.41) is 0. The molecular weight excluding hydrogens is 287 g/mol. The van der Waals surface area contributed by atoms with Crippen molar-refractivity contribution in [3.05, 3.63) is 34.1 Å². The van der Waals surface area contributed by atoms with Crippen LogP contribution in [0.2, 0.25) is 0 Å². The SMILES string of the molecule is O=C(OC1CCCCC1)c1cc(Br)ccc1F.